The summed E-state index contributed by atoms with van der Waals surface area (Å²) < 4.78 is 0. The number of urea groups is 1. The minimum Gasteiger partial charge on any atom is -0.325 e. The Labute approximate surface area is 178 Å². The largest absolute Gasteiger partial charge is 0.325 e. The number of carbonyl (C=O) groups is 3. The molecule has 4 amide bonds. The Hall–Kier alpha value is -2.37. The van der Waals surface area contributed by atoms with Crippen LogP contribution in [0.1, 0.15) is 70.4 Å². The molecule has 0 radical (unpaired) electrons. The van der Waals surface area contributed by atoms with Crippen LogP contribution in [0.4, 0.5) is 10.5 Å². The Kier molecular flexibility index (Phi) is 5.37. The van der Waals surface area contributed by atoms with Gasteiger partial charge in [0.05, 0.1) is 0 Å². The molecule has 6 nitrogen and oxygen atoms in total. The van der Waals surface area contributed by atoms with E-state index in [1.807, 2.05) is 12.1 Å². The number of anilines is 1. The molecule has 2 N–H and O–H groups in total. The highest BCUT2D eigenvalue weighted by atomic mass is 16.2. The van der Waals surface area contributed by atoms with E-state index in [1.165, 1.54) is 11.1 Å². The fraction of sp³-hybridized carbons (Fsp3) is 0.625. The SMILES string of the molecule is CCC(C)(C)C1CCC2(CC1)NC(=O)N(CC(=O)Nc1ccc3c(c1)CCC3)C2=O. The highest BCUT2D eigenvalue weighted by molar-refractivity contribution is 6.10. The van der Waals surface area contributed by atoms with Crippen LogP contribution in [0, 0.1) is 11.3 Å². The van der Waals surface area contributed by atoms with Crippen molar-refractivity contribution in [1.29, 1.82) is 0 Å². The second-order valence-corrected chi connectivity index (χ2v) is 9.91. The summed E-state index contributed by atoms with van der Waals surface area (Å²) in [5.41, 5.74) is 2.75. The van der Waals surface area contributed by atoms with Gasteiger partial charge in [0, 0.05) is 5.69 Å². The average molecular weight is 412 g/mol. The molecule has 1 aliphatic heterocycles. The van der Waals surface area contributed by atoms with Gasteiger partial charge in [-0.3, -0.25) is 14.5 Å². The van der Waals surface area contributed by atoms with E-state index in [0.717, 1.165) is 49.1 Å². The van der Waals surface area contributed by atoms with E-state index in [9.17, 15) is 14.4 Å². The lowest BCUT2D eigenvalue weighted by Crippen LogP contribution is -2.51. The van der Waals surface area contributed by atoms with E-state index in [0.29, 0.717) is 18.8 Å². The third-order valence-corrected chi connectivity index (χ3v) is 7.79. The van der Waals surface area contributed by atoms with Gasteiger partial charge in [-0.2, -0.15) is 0 Å². The Morgan fingerprint density at radius 3 is 2.60 bits per heavy atom. The van der Waals surface area contributed by atoms with Crippen molar-refractivity contribution in [2.45, 2.75) is 77.7 Å². The zero-order valence-electron chi connectivity index (χ0n) is 18.3. The van der Waals surface area contributed by atoms with Crippen LogP contribution in [-0.2, 0) is 22.4 Å². The number of hydrogen-bond donors (Lipinski definition) is 2. The number of fused-ring (bicyclic) bond motifs is 1. The number of rotatable bonds is 5. The lowest BCUT2D eigenvalue weighted by molar-refractivity contribution is -0.135. The van der Waals surface area contributed by atoms with E-state index in [4.69, 9.17) is 0 Å². The third kappa shape index (κ3) is 3.72. The Morgan fingerprint density at radius 2 is 1.90 bits per heavy atom. The number of carbonyl (C=O) groups excluding carboxylic acids is 3. The molecule has 1 saturated carbocycles. The van der Waals surface area contributed by atoms with Crippen molar-refractivity contribution in [1.82, 2.24) is 10.2 Å². The van der Waals surface area contributed by atoms with Gasteiger partial charge in [-0.25, -0.2) is 4.79 Å². The first-order valence-corrected chi connectivity index (χ1v) is 11.3. The van der Waals surface area contributed by atoms with Crippen LogP contribution in [0.2, 0.25) is 0 Å². The normalized spacial score (nSPS) is 26.1. The molecule has 3 aliphatic rings. The molecule has 1 saturated heterocycles. The number of hydrogen-bond acceptors (Lipinski definition) is 3. The van der Waals surface area contributed by atoms with Crippen LogP contribution >= 0.6 is 0 Å². The van der Waals surface area contributed by atoms with Crippen LogP contribution in [0.5, 0.6) is 0 Å². The number of imide groups is 1. The maximum Gasteiger partial charge on any atom is 0.325 e. The highest BCUT2D eigenvalue weighted by Crippen LogP contribution is 2.45. The van der Waals surface area contributed by atoms with Crippen molar-refractivity contribution in [3.05, 3.63) is 29.3 Å². The van der Waals surface area contributed by atoms with E-state index in [-0.39, 0.29) is 23.8 Å². The highest BCUT2D eigenvalue weighted by Gasteiger charge is 2.53. The molecule has 162 valence electrons. The summed E-state index contributed by atoms with van der Waals surface area (Å²) in [6.07, 6.45) is 7.50. The average Bonchev–Trinajstić information content (AvgIpc) is 3.27. The summed E-state index contributed by atoms with van der Waals surface area (Å²) in [4.78, 5) is 39.3. The predicted octanol–water partition coefficient (Wildman–Crippen LogP) is 4.03. The molecule has 4 rings (SSSR count). The minimum absolute atomic E-state index is 0.239. The van der Waals surface area contributed by atoms with Crippen molar-refractivity contribution in [2.24, 2.45) is 11.3 Å². The van der Waals surface area contributed by atoms with Crippen molar-refractivity contribution in [3.63, 3.8) is 0 Å². The molecule has 1 heterocycles. The Balaban J connectivity index is 1.38. The van der Waals surface area contributed by atoms with E-state index in [1.54, 1.807) is 0 Å². The van der Waals surface area contributed by atoms with Gasteiger partial charge in [0.25, 0.3) is 5.91 Å². The van der Waals surface area contributed by atoms with Crippen molar-refractivity contribution in [3.8, 4) is 0 Å². The second kappa shape index (κ2) is 7.71. The fourth-order valence-electron chi connectivity index (χ4n) is 5.33. The van der Waals surface area contributed by atoms with Crippen molar-refractivity contribution < 1.29 is 14.4 Å². The van der Waals surface area contributed by atoms with Crippen LogP contribution in [-0.4, -0.2) is 34.8 Å². The first kappa shape index (κ1) is 20.9. The van der Waals surface area contributed by atoms with Gasteiger partial charge in [-0.1, -0.05) is 33.3 Å². The summed E-state index contributed by atoms with van der Waals surface area (Å²) >= 11 is 0. The predicted molar refractivity (Wildman–Crippen MR) is 116 cm³/mol. The third-order valence-electron chi connectivity index (χ3n) is 7.79. The van der Waals surface area contributed by atoms with Crippen LogP contribution in [0.15, 0.2) is 18.2 Å². The van der Waals surface area contributed by atoms with Crippen LogP contribution in [0.25, 0.3) is 0 Å². The molecule has 1 spiro atoms. The van der Waals surface area contributed by atoms with Crippen molar-refractivity contribution >= 4 is 23.5 Å². The number of nitrogens with zero attached hydrogens (tertiary/aromatic N) is 1. The molecule has 0 unspecified atom stereocenters. The lowest BCUT2D eigenvalue weighted by Gasteiger charge is -2.42. The lowest BCUT2D eigenvalue weighted by atomic mass is 9.65. The van der Waals surface area contributed by atoms with Gasteiger partial charge in [-0.05, 0) is 79.5 Å². The van der Waals surface area contributed by atoms with Gasteiger partial charge in [-0.15, -0.1) is 0 Å². The molecule has 2 fully saturated rings. The molecule has 1 aromatic rings. The smallest absolute Gasteiger partial charge is 0.325 e. The fourth-order valence-corrected chi connectivity index (χ4v) is 5.33. The second-order valence-electron chi connectivity index (χ2n) is 9.91. The number of nitrogens with one attached hydrogen (secondary N) is 2. The molecule has 2 aliphatic carbocycles. The topological polar surface area (TPSA) is 78.5 Å². The number of benzene rings is 1. The van der Waals surface area contributed by atoms with E-state index >= 15 is 0 Å². The molecule has 1 aromatic carbocycles. The maximum absolute atomic E-state index is 13.1. The van der Waals surface area contributed by atoms with Gasteiger partial charge in [0.1, 0.15) is 12.1 Å². The quantitative estimate of drug-likeness (QED) is 0.718. The zero-order valence-corrected chi connectivity index (χ0v) is 18.3. The molecule has 0 aromatic heterocycles. The summed E-state index contributed by atoms with van der Waals surface area (Å²) in [5, 5.41) is 5.77. The van der Waals surface area contributed by atoms with E-state index < -0.39 is 11.6 Å². The summed E-state index contributed by atoms with van der Waals surface area (Å²) in [5.74, 6) is -0.0337. The van der Waals surface area contributed by atoms with Gasteiger partial charge in [0.15, 0.2) is 0 Å². The summed E-state index contributed by atoms with van der Waals surface area (Å²) in [7, 11) is 0. The first-order valence-electron chi connectivity index (χ1n) is 11.3. The van der Waals surface area contributed by atoms with Crippen molar-refractivity contribution in [2.75, 3.05) is 11.9 Å². The number of amides is 4. The molecule has 0 bridgehead atoms. The Morgan fingerprint density at radius 1 is 1.20 bits per heavy atom. The van der Waals surface area contributed by atoms with Gasteiger partial charge < -0.3 is 10.6 Å². The molecular weight excluding hydrogens is 378 g/mol. The molecular formula is C24H33N3O3. The minimum atomic E-state index is -0.828. The summed E-state index contributed by atoms with van der Waals surface area (Å²) in [6.45, 7) is 6.52. The molecule has 6 heteroatoms. The van der Waals surface area contributed by atoms with Crippen LogP contribution in [0.3, 0.4) is 0 Å². The van der Waals surface area contributed by atoms with Crippen LogP contribution < -0.4 is 10.6 Å². The molecule has 0 atom stereocenters. The Bertz CT molecular complexity index is 868. The zero-order chi connectivity index (χ0) is 21.5. The standard InChI is InChI=1S/C24H33N3O3/c1-4-23(2,3)18-10-12-24(13-11-18)21(29)27(22(30)26-24)15-20(28)25-19-9-8-16-6-5-7-17(16)14-19/h8-9,14,18H,4-7,10-13,15H2,1-3H3,(H,25,28)(H,26,30). The van der Waals surface area contributed by atoms with E-state index in [2.05, 4.69) is 37.5 Å². The van der Waals surface area contributed by atoms with Gasteiger partial charge >= 0.3 is 6.03 Å². The maximum atomic E-state index is 13.1. The monoisotopic (exact) mass is 411 g/mol. The number of aryl methyl sites for hydroxylation is 2. The van der Waals surface area contributed by atoms with Gasteiger partial charge in [0.2, 0.25) is 5.91 Å². The first-order chi connectivity index (χ1) is 14.2. The summed E-state index contributed by atoms with van der Waals surface area (Å²) in [6, 6.07) is 5.50. The molecule has 30 heavy (non-hydrogen) atoms.